The van der Waals surface area contributed by atoms with Gasteiger partial charge in [-0.2, -0.15) is 0 Å². The zero-order valence-electron chi connectivity index (χ0n) is 8.52. The number of rotatable bonds is 6. The fraction of sp³-hybridized carbons (Fsp3) is 0.636. The highest BCUT2D eigenvalue weighted by Gasteiger charge is 2.14. The van der Waals surface area contributed by atoms with E-state index in [2.05, 4.69) is 6.07 Å². The Balaban J connectivity index is 2.24. The van der Waals surface area contributed by atoms with Gasteiger partial charge in [0.25, 0.3) is 0 Å². The maximum atomic E-state index is 9.60. The van der Waals surface area contributed by atoms with E-state index >= 15 is 0 Å². The van der Waals surface area contributed by atoms with E-state index in [4.69, 9.17) is 0 Å². The molecule has 14 heavy (non-hydrogen) atoms. The van der Waals surface area contributed by atoms with Crippen molar-refractivity contribution < 1.29 is 10.2 Å². The minimum Gasteiger partial charge on any atom is -0.390 e. The minimum atomic E-state index is -0.572. The summed E-state index contributed by atoms with van der Waals surface area (Å²) < 4.78 is 0. The zero-order valence-corrected chi connectivity index (χ0v) is 9.33. The van der Waals surface area contributed by atoms with Gasteiger partial charge in [0, 0.05) is 4.88 Å². The van der Waals surface area contributed by atoms with Gasteiger partial charge >= 0.3 is 0 Å². The van der Waals surface area contributed by atoms with Crippen LogP contribution in [0.3, 0.4) is 0 Å². The lowest BCUT2D eigenvalue weighted by Crippen LogP contribution is -2.25. The molecule has 1 heterocycles. The first kappa shape index (κ1) is 11.7. The third-order valence-electron chi connectivity index (χ3n) is 2.30. The molecule has 0 aliphatic heterocycles. The van der Waals surface area contributed by atoms with Gasteiger partial charge in [-0.25, -0.2) is 0 Å². The Kier molecular flexibility index (Phi) is 5.15. The molecule has 0 spiro atoms. The van der Waals surface area contributed by atoms with Crippen molar-refractivity contribution >= 4 is 11.3 Å². The maximum absolute atomic E-state index is 9.60. The van der Waals surface area contributed by atoms with E-state index in [0.29, 0.717) is 12.8 Å². The van der Waals surface area contributed by atoms with Crippen molar-refractivity contribution in [2.24, 2.45) is 0 Å². The van der Waals surface area contributed by atoms with Crippen LogP contribution in [0.15, 0.2) is 17.5 Å². The van der Waals surface area contributed by atoms with Crippen LogP contribution in [0.25, 0.3) is 0 Å². The third kappa shape index (κ3) is 3.78. The summed E-state index contributed by atoms with van der Waals surface area (Å²) >= 11 is 1.70. The Morgan fingerprint density at radius 2 is 2.00 bits per heavy atom. The lowest BCUT2D eigenvalue weighted by Gasteiger charge is -2.16. The highest BCUT2D eigenvalue weighted by Crippen LogP contribution is 2.14. The first-order valence-corrected chi connectivity index (χ1v) is 6.00. The van der Waals surface area contributed by atoms with Crippen molar-refractivity contribution in [3.8, 4) is 0 Å². The van der Waals surface area contributed by atoms with Gasteiger partial charge in [0.2, 0.25) is 0 Å². The number of aliphatic hydroxyl groups excluding tert-OH is 2. The van der Waals surface area contributed by atoms with Crippen molar-refractivity contribution in [3.05, 3.63) is 22.4 Å². The molecule has 1 aromatic heterocycles. The molecule has 0 aliphatic rings. The molecule has 2 unspecified atom stereocenters. The summed E-state index contributed by atoms with van der Waals surface area (Å²) in [5.41, 5.74) is 0. The van der Waals surface area contributed by atoms with Gasteiger partial charge in [-0.05, 0) is 30.7 Å². The Hall–Kier alpha value is -0.380. The predicted molar refractivity (Wildman–Crippen MR) is 59.6 cm³/mol. The average molecular weight is 214 g/mol. The van der Waals surface area contributed by atoms with E-state index in [0.717, 1.165) is 12.8 Å². The van der Waals surface area contributed by atoms with E-state index < -0.39 is 12.2 Å². The molecule has 0 aliphatic carbocycles. The van der Waals surface area contributed by atoms with Gasteiger partial charge in [0.05, 0.1) is 12.2 Å². The molecule has 0 fully saturated rings. The predicted octanol–water partition coefficient (Wildman–Crippen LogP) is 2.20. The smallest absolute Gasteiger partial charge is 0.0802 e. The number of hydrogen-bond acceptors (Lipinski definition) is 3. The van der Waals surface area contributed by atoms with Crippen LogP contribution in [0, 0.1) is 0 Å². The van der Waals surface area contributed by atoms with Crippen LogP contribution >= 0.6 is 11.3 Å². The lowest BCUT2D eigenvalue weighted by molar-refractivity contribution is 0.00991. The Morgan fingerprint density at radius 3 is 2.57 bits per heavy atom. The quantitative estimate of drug-likeness (QED) is 0.762. The molecule has 2 atom stereocenters. The molecule has 1 aromatic rings. The van der Waals surface area contributed by atoms with Crippen LogP contribution in [0.5, 0.6) is 0 Å². The summed E-state index contributed by atoms with van der Waals surface area (Å²) in [6, 6.07) is 4.07. The second kappa shape index (κ2) is 6.17. The first-order chi connectivity index (χ1) is 6.74. The summed E-state index contributed by atoms with van der Waals surface area (Å²) in [7, 11) is 0. The number of hydrogen-bond donors (Lipinski definition) is 2. The van der Waals surface area contributed by atoms with Crippen LogP contribution in [0.4, 0.5) is 0 Å². The van der Waals surface area contributed by atoms with Crippen molar-refractivity contribution in [2.45, 2.75) is 44.8 Å². The van der Waals surface area contributed by atoms with Crippen molar-refractivity contribution in [3.63, 3.8) is 0 Å². The maximum Gasteiger partial charge on any atom is 0.0802 e. The van der Waals surface area contributed by atoms with Crippen molar-refractivity contribution in [2.75, 3.05) is 0 Å². The second-order valence-corrected chi connectivity index (χ2v) is 4.57. The molecular weight excluding hydrogens is 196 g/mol. The normalized spacial score (nSPS) is 15.4. The molecule has 0 saturated carbocycles. The van der Waals surface area contributed by atoms with Gasteiger partial charge in [0.1, 0.15) is 0 Å². The van der Waals surface area contributed by atoms with Gasteiger partial charge in [0.15, 0.2) is 0 Å². The van der Waals surface area contributed by atoms with Gasteiger partial charge in [-0.1, -0.05) is 19.4 Å². The standard InChI is InChI=1S/C11H18O2S/c1-2-4-10(12)11(13)7-6-9-5-3-8-14-9/h3,5,8,10-13H,2,4,6-7H2,1H3. The Morgan fingerprint density at radius 1 is 1.29 bits per heavy atom. The summed E-state index contributed by atoms with van der Waals surface area (Å²) in [6.45, 7) is 2.01. The van der Waals surface area contributed by atoms with Crippen LogP contribution in [0.2, 0.25) is 0 Å². The minimum absolute atomic E-state index is 0.556. The molecule has 0 bridgehead atoms. The molecule has 0 aromatic carbocycles. The molecule has 1 rings (SSSR count). The van der Waals surface area contributed by atoms with E-state index in [9.17, 15) is 10.2 Å². The molecule has 2 N–H and O–H groups in total. The number of aryl methyl sites for hydroxylation is 1. The molecular formula is C11H18O2S. The third-order valence-corrected chi connectivity index (χ3v) is 3.23. The van der Waals surface area contributed by atoms with E-state index in [1.807, 2.05) is 18.4 Å². The van der Waals surface area contributed by atoms with Crippen LogP contribution in [-0.2, 0) is 6.42 Å². The summed E-state index contributed by atoms with van der Waals surface area (Å²) in [6.07, 6.45) is 1.99. The number of aliphatic hydroxyl groups is 2. The summed E-state index contributed by atoms with van der Waals surface area (Å²) in [5, 5.41) is 21.1. The van der Waals surface area contributed by atoms with Gasteiger partial charge in [-0.15, -0.1) is 11.3 Å². The van der Waals surface area contributed by atoms with Gasteiger partial charge in [-0.3, -0.25) is 0 Å². The average Bonchev–Trinajstić information content (AvgIpc) is 2.67. The Bertz CT molecular complexity index is 233. The topological polar surface area (TPSA) is 40.5 Å². The first-order valence-electron chi connectivity index (χ1n) is 5.12. The SMILES string of the molecule is CCCC(O)C(O)CCc1cccs1. The highest BCUT2D eigenvalue weighted by molar-refractivity contribution is 7.09. The number of thiophene rings is 1. The molecule has 3 heteroatoms. The molecule has 2 nitrogen and oxygen atoms in total. The van der Waals surface area contributed by atoms with Crippen LogP contribution < -0.4 is 0 Å². The van der Waals surface area contributed by atoms with E-state index in [1.54, 1.807) is 11.3 Å². The monoisotopic (exact) mass is 214 g/mol. The largest absolute Gasteiger partial charge is 0.390 e. The molecule has 0 radical (unpaired) electrons. The molecule has 0 amide bonds. The molecule has 80 valence electrons. The van der Waals surface area contributed by atoms with Crippen molar-refractivity contribution in [1.29, 1.82) is 0 Å². The second-order valence-electron chi connectivity index (χ2n) is 3.54. The zero-order chi connectivity index (χ0) is 10.4. The summed E-state index contributed by atoms with van der Waals surface area (Å²) in [4.78, 5) is 1.27. The Labute approximate surface area is 89.2 Å². The van der Waals surface area contributed by atoms with Crippen LogP contribution in [-0.4, -0.2) is 22.4 Å². The fourth-order valence-electron chi connectivity index (χ4n) is 1.43. The lowest BCUT2D eigenvalue weighted by atomic mass is 10.0. The van der Waals surface area contributed by atoms with Crippen LogP contribution in [0.1, 0.15) is 31.1 Å². The van der Waals surface area contributed by atoms with E-state index in [1.165, 1.54) is 4.88 Å². The van der Waals surface area contributed by atoms with Gasteiger partial charge < -0.3 is 10.2 Å². The highest BCUT2D eigenvalue weighted by atomic mass is 32.1. The molecule has 0 saturated heterocycles. The fourth-order valence-corrected chi connectivity index (χ4v) is 2.15. The van der Waals surface area contributed by atoms with Crippen molar-refractivity contribution in [1.82, 2.24) is 0 Å². The van der Waals surface area contributed by atoms with E-state index in [-0.39, 0.29) is 0 Å². The summed E-state index contributed by atoms with van der Waals surface area (Å²) in [5.74, 6) is 0.